The van der Waals surface area contributed by atoms with Crippen LogP contribution in [0.25, 0.3) is 11.5 Å². The lowest BCUT2D eigenvalue weighted by Crippen LogP contribution is -2.47. The minimum Gasteiger partial charge on any atom is -0.457 e. The highest BCUT2D eigenvalue weighted by Gasteiger charge is 2.41. The molecular formula is C38H42F2N4O5. The fourth-order valence-corrected chi connectivity index (χ4v) is 5.81. The number of amides is 1. The molecule has 5 rings (SSSR count). The van der Waals surface area contributed by atoms with Gasteiger partial charge in [-0.05, 0) is 113 Å². The number of nitrogens with one attached hydrogen (secondary N) is 1. The number of alkyl carbamates (subject to hydrolysis) is 1. The summed E-state index contributed by atoms with van der Waals surface area (Å²) in [6, 6.07) is 20.4. The second-order valence-electron chi connectivity index (χ2n) is 14.1. The maximum atomic E-state index is 16.8. The average Bonchev–Trinajstić information content (AvgIpc) is 3.54. The summed E-state index contributed by atoms with van der Waals surface area (Å²) in [6.07, 6.45) is -0.419. The predicted molar refractivity (Wildman–Crippen MR) is 180 cm³/mol. The molecule has 4 aromatic rings. The molecular weight excluding hydrogens is 630 g/mol. The van der Waals surface area contributed by atoms with Crippen LogP contribution in [0.5, 0.6) is 11.5 Å². The Kier molecular flexibility index (Phi) is 9.90. The van der Waals surface area contributed by atoms with Crippen LogP contribution in [0.2, 0.25) is 0 Å². The molecule has 0 bridgehead atoms. The molecule has 0 fully saturated rings. The van der Waals surface area contributed by atoms with E-state index in [9.17, 15) is 14.9 Å². The van der Waals surface area contributed by atoms with E-state index in [4.69, 9.17) is 13.9 Å². The third kappa shape index (κ3) is 8.49. The van der Waals surface area contributed by atoms with E-state index in [1.165, 1.54) is 13.0 Å². The smallest absolute Gasteiger partial charge is 0.408 e. The highest BCUT2D eigenvalue weighted by molar-refractivity contribution is 5.88. The number of rotatable bonds is 8. The van der Waals surface area contributed by atoms with E-state index in [1.54, 1.807) is 34.6 Å². The second-order valence-corrected chi connectivity index (χ2v) is 14.1. The Morgan fingerprint density at radius 2 is 1.76 bits per heavy atom. The number of aromatic nitrogens is 2. The summed E-state index contributed by atoms with van der Waals surface area (Å²) in [7, 11) is 0. The zero-order valence-electron chi connectivity index (χ0n) is 28.5. The molecule has 0 saturated carbocycles. The van der Waals surface area contributed by atoms with Crippen LogP contribution in [0, 0.1) is 17.1 Å². The first-order valence-corrected chi connectivity index (χ1v) is 16.2. The standard InChI is InChI=1S/C38H40F2N4O5.H2/c1-36(2,3)49-35(46)42-31-21-38(6,40)29-20-30(39)28(33-43-44-34(48-33)37(4,5)22-41)19-27(29)24(18-32(31)45)15-12-23-13-16-26(17-14-23)47-25-10-8-7-9-11-25;/h7-11,13-14,16-17,19-20,24,31H,12,15,18,21H2,1-6H3,(H,42,46);1H. The molecule has 3 unspecified atom stereocenters. The van der Waals surface area contributed by atoms with Gasteiger partial charge in [0.05, 0.1) is 17.7 Å². The van der Waals surface area contributed by atoms with Gasteiger partial charge in [0.1, 0.15) is 34.0 Å². The molecule has 1 amide bonds. The van der Waals surface area contributed by atoms with Crippen LogP contribution in [0.1, 0.15) is 90.7 Å². The molecule has 0 spiro atoms. The Labute approximate surface area is 286 Å². The molecule has 1 aromatic heterocycles. The number of carbonyl (C=O) groups is 2. The van der Waals surface area contributed by atoms with E-state index in [-0.39, 0.29) is 36.5 Å². The lowest BCUT2D eigenvalue weighted by molar-refractivity contribution is -0.123. The molecule has 1 aliphatic rings. The molecule has 258 valence electrons. The van der Waals surface area contributed by atoms with Gasteiger partial charge < -0.3 is 19.2 Å². The van der Waals surface area contributed by atoms with Gasteiger partial charge in [-0.2, -0.15) is 5.26 Å². The van der Waals surface area contributed by atoms with Crippen molar-refractivity contribution in [1.29, 1.82) is 5.26 Å². The van der Waals surface area contributed by atoms with Crippen molar-refractivity contribution < 1.29 is 33.7 Å². The van der Waals surface area contributed by atoms with E-state index >= 15 is 8.78 Å². The molecule has 0 aliphatic heterocycles. The van der Waals surface area contributed by atoms with E-state index < -0.39 is 47.0 Å². The first-order valence-electron chi connectivity index (χ1n) is 16.2. The number of carbonyl (C=O) groups excluding carboxylic acids is 2. The summed E-state index contributed by atoms with van der Waals surface area (Å²) in [4.78, 5) is 26.5. The molecule has 1 heterocycles. The van der Waals surface area contributed by atoms with Crippen molar-refractivity contribution in [1.82, 2.24) is 15.5 Å². The number of benzene rings is 3. The first-order chi connectivity index (χ1) is 23.0. The molecule has 49 heavy (non-hydrogen) atoms. The molecule has 0 saturated heterocycles. The first kappa shape index (κ1) is 35.2. The largest absolute Gasteiger partial charge is 0.457 e. The van der Waals surface area contributed by atoms with Crippen molar-refractivity contribution in [3.63, 3.8) is 0 Å². The lowest BCUT2D eigenvalue weighted by atomic mass is 9.75. The third-order valence-electron chi connectivity index (χ3n) is 8.41. The normalized spacial score (nSPS) is 19.6. The number of para-hydroxylation sites is 1. The molecule has 3 aromatic carbocycles. The zero-order chi connectivity index (χ0) is 35.6. The molecule has 9 nitrogen and oxygen atoms in total. The SMILES string of the molecule is CC(C)(C)OC(=O)NC1CC(C)(F)c2cc(F)c(-c3nnc(C(C)(C)C#N)o3)cc2C(CCc2ccc(Oc3ccccc3)cc2)CC1=O.[HH]. The van der Waals surface area contributed by atoms with E-state index in [0.29, 0.717) is 29.9 Å². The van der Waals surface area contributed by atoms with E-state index in [2.05, 4.69) is 21.6 Å². The minimum atomic E-state index is -2.22. The fraction of sp³-hybridized carbons (Fsp3) is 0.395. The van der Waals surface area contributed by atoms with Gasteiger partial charge in [-0.1, -0.05) is 30.3 Å². The van der Waals surface area contributed by atoms with Crippen LogP contribution in [-0.4, -0.2) is 33.7 Å². The van der Waals surface area contributed by atoms with Crippen LogP contribution in [0.15, 0.2) is 71.1 Å². The van der Waals surface area contributed by atoms with Crippen molar-refractivity contribution in [2.24, 2.45) is 0 Å². The number of alkyl halides is 1. The second kappa shape index (κ2) is 13.8. The van der Waals surface area contributed by atoms with Crippen molar-refractivity contribution in [2.45, 2.75) is 95.9 Å². The van der Waals surface area contributed by atoms with Crippen LogP contribution < -0.4 is 10.1 Å². The number of fused-ring (bicyclic) bond motifs is 1. The van der Waals surface area contributed by atoms with Gasteiger partial charge in [0.15, 0.2) is 5.78 Å². The topological polar surface area (TPSA) is 127 Å². The van der Waals surface area contributed by atoms with Crippen LogP contribution >= 0.6 is 0 Å². The Hall–Kier alpha value is -5.11. The summed E-state index contributed by atoms with van der Waals surface area (Å²) < 4.78 is 49.6. The van der Waals surface area contributed by atoms with E-state index in [1.807, 2.05) is 54.6 Å². The van der Waals surface area contributed by atoms with Crippen molar-refractivity contribution in [3.05, 3.63) is 95.1 Å². The van der Waals surface area contributed by atoms with Crippen LogP contribution in [0.4, 0.5) is 13.6 Å². The van der Waals surface area contributed by atoms with Gasteiger partial charge in [-0.3, -0.25) is 4.79 Å². The number of hydrogen-bond donors (Lipinski definition) is 1. The number of ketones is 1. The van der Waals surface area contributed by atoms with E-state index in [0.717, 1.165) is 11.6 Å². The predicted octanol–water partition coefficient (Wildman–Crippen LogP) is 8.87. The van der Waals surface area contributed by atoms with Crippen LogP contribution in [-0.2, 0) is 27.0 Å². The number of nitrogens with zero attached hydrogens (tertiary/aromatic N) is 3. The average molecular weight is 673 g/mol. The molecule has 11 heteroatoms. The maximum absolute atomic E-state index is 16.8. The van der Waals surface area contributed by atoms with Gasteiger partial charge in [-0.15, -0.1) is 10.2 Å². The van der Waals surface area contributed by atoms with Gasteiger partial charge in [0.25, 0.3) is 5.89 Å². The number of halogens is 2. The number of hydrogen-bond acceptors (Lipinski definition) is 8. The van der Waals surface area contributed by atoms with Gasteiger partial charge in [0.2, 0.25) is 5.89 Å². The fourth-order valence-electron chi connectivity index (χ4n) is 5.81. The summed E-state index contributed by atoms with van der Waals surface area (Å²) >= 11 is 0. The molecule has 0 radical (unpaired) electrons. The van der Waals surface area contributed by atoms with Gasteiger partial charge in [-0.25, -0.2) is 13.6 Å². The van der Waals surface area contributed by atoms with Crippen molar-refractivity contribution >= 4 is 11.9 Å². The molecule has 1 N–H and O–H groups in total. The Bertz CT molecular complexity index is 1860. The van der Waals surface area contributed by atoms with Crippen LogP contribution in [0.3, 0.4) is 0 Å². The quantitative estimate of drug-likeness (QED) is 0.197. The lowest BCUT2D eigenvalue weighted by Gasteiger charge is -2.34. The third-order valence-corrected chi connectivity index (χ3v) is 8.41. The number of aryl methyl sites for hydroxylation is 1. The highest BCUT2D eigenvalue weighted by Crippen LogP contribution is 2.44. The van der Waals surface area contributed by atoms with Gasteiger partial charge >= 0.3 is 6.09 Å². The number of Topliss-reactive ketones (excluding diaryl/α,β-unsaturated/α-hetero) is 1. The monoisotopic (exact) mass is 672 g/mol. The summed E-state index contributed by atoms with van der Waals surface area (Å²) in [6.45, 7) is 9.53. The Balaban J connectivity index is 0.00000562. The van der Waals surface area contributed by atoms with Crippen molar-refractivity contribution in [2.75, 3.05) is 0 Å². The summed E-state index contributed by atoms with van der Waals surface area (Å²) in [5, 5.41) is 20.0. The summed E-state index contributed by atoms with van der Waals surface area (Å²) in [5.74, 6) is -0.541. The molecule has 1 aliphatic carbocycles. The number of nitriles is 1. The Morgan fingerprint density at radius 1 is 1.08 bits per heavy atom. The van der Waals surface area contributed by atoms with Gasteiger partial charge in [0, 0.05) is 14.3 Å². The highest BCUT2D eigenvalue weighted by atomic mass is 19.1. The minimum absolute atomic E-state index is 0. The number of ether oxygens (including phenoxy) is 2. The molecule has 3 atom stereocenters. The zero-order valence-corrected chi connectivity index (χ0v) is 28.5. The Morgan fingerprint density at radius 3 is 2.41 bits per heavy atom. The summed E-state index contributed by atoms with van der Waals surface area (Å²) in [5.41, 5.74) is -2.80. The maximum Gasteiger partial charge on any atom is 0.408 e. The van der Waals surface area contributed by atoms with Crippen molar-refractivity contribution in [3.8, 4) is 29.0 Å².